The summed E-state index contributed by atoms with van der Waals surface area (Å²) in [5, 5.41) is -0.0538. The molecule has 0 fully saturated rings. The van der Waals surface area contributed by atoms with Gasteiger partial charge in [-0.2, -0.15) is 0 Å². The number of hydrogen-bond acceptors (Lipinski definition) is 1. The van der Waals surface area contributed by atoms with Crippen molar-refractivity contribution < 1.29 is 13.5 Å². The Balaban J connectivity index is 2.68. The predicted molar refractivity (Wildman–Crippen MR) is 63.4 cm³/mol. The third kappa shape index (κ3) is 2.11. The van der Waals surface area contributed by atoms with Gasteiger partial charge in [0.15, 0.2) is 11.6 Å². The molecule has 0 N–H and O–H groups in total. The van der Waals surface area contributed by atoms with E-state index in [2.05, 4.69) is 0 Å². The molecule has 88 valence electrons. The standard InChI is InChI=1S/C13H9ClF2O/c1-17-13-9(6-7-10(14)12(13)16)8-4-2-3-5-11(8)15/h2-7H,1H3. The molecule has 4 heteroatoms. The van der Waals surface area contributed by atoms with Crippen LogP contribution in [0.1, 0.15) is 0 Å². The van der Waals surface area contributed by atoms with Crippen molar-refractivity contribution in [3.63, 3.8) is 0 Å². The molecule has 0 aromatic heterocycles. The first-order valence-corrected chi connectivity index (χ1v) is 5.30. The lowest BCUT2D eigenvalue weighted by atomic mass is 10.0. The average Bonchev–Trinajstić information content (AvgIpc) is 2.33. The highest BCUT2D eigenvalue weighted by Crippen LogP contribution is 2.36. The first kappa shape index (κ1) is 11.9. The van der Waals surface area contributed by atoms with E-state index in [0.717, 1.165) is 0 Å². The smallest absolute Gasteiger partial charge is 0.184 e. The maximum atomic E-state index is 13.7. The Labute approximate surface area is 103 Å². The maximum Gasteiger partial charge on any atom is 0.184 e. The SMILES string of the molecule is COc1c(-c2ccccc2F)ccc(Cl)c1F. The van der Waals surface area contributed by atoms with Gasteiger partial charge in [0.05, 0.1) is 12.1 Å². The number of rotatable bonds is 2. The average molecular weight is 255 g/mol. The Kier molecular flexibility index (Phi) is 3.29. The fourth-order valence-corrected chi connectivity index (χ4v) is 1.77. The molecule has 0 atom stereocenters. The molecule has 2 aromatic rings. The minimum atomic E-state index is -0.685. The molecule has 0 bridgehead atoms. The highest BCUT2D eigenvalue weighted by atomic mass is 35.5. The molecule has 0 aliphatic heterocycles. The van der Waals surface area contributed by atoms with Gasteiger partial charge in [-0.1, -0.05) is 29.8 Å². The Hall–Kier alpha value is -1.61. The lowest BCUT2D eigenvalue weighted by Crippen LogP contribution is -1.94. The second kappa shape index (κ2) is 4.72. The minimum Gasteiger partial charge on any atom is -0.493 e. The van der Waals surface area contributed by atoms with Gasteiger partial charge in [0.2, 0.25) is 0 Å². The summed E-state index contributed by atoms with van der Waals surface area (Å²) < 4.78 is 32.3. The summed E-state index contributed by atoms with van der Waals surface area (Å²) in [5.41, 5.74) is 0.618. The van der Waals surface area contributed by atoms with Crippen molar-refractivity contribution in [1.82, 2.24) is 0 Å². The Morgan fingerprint density at radius 1 is 1.00 bits per heavy atom. The van der Waals surface area contributed by atoms with Gasteiger partial charge in [0.25, 0.3) is 0 Å². The van der Waals surface area contributed by atoms with Gasteiger partial charge in [0, 0.05) is 11.1 Å². The maximum absolute atomic E-state index is 13.7. The summed E-state index contributed by atoms with van der Waals surface area (Å²) in [6.07, 6.45) is 0. The molecule has 1 nitrogen and oxygen atoms in total. The lowest BCUT2D eigenvalue weighted by Gasteiger charge is -2.11. The number of halogens is 3. The van der Waals surface area contributed by atoms with Gasteiger partial charge < -0.3 is 4.74 Å². The Morgan fingerprint density at radius 3 is 2.35 bits per heavy atom. The minimum absolute atomic E-state index is 0.0531. The fourth-order valence-electron chi connectivity index (χ4n) is 1.62. The Bertz CT molecular complexity index is 555. The van der Waals surface area contributed by atoms with Crippen molar-refractivity contribution in [2.75, 3.05) is 7.11 Å². The Morgan fingerprint density at radius 2 is 1.71 bits per heavy atom. The summed E-state index contributed by atoms with van der Waals surface area (Å²) in [5.74, 6) is -1.18. The third-order valence-corrected chi connectivity index (χ3v) is 2.71. The molecule has 2 aromatic carbocycles. The van der Waals surface area contributed by atoms with Gasteiger partial charge in [0.1, 0.15) is 5.82 Å². The topological polar surface area (TPSA) is 9.23 Å². The zero-order chi connectivity index (χ0) is 12.4. The van der Waals surface area contributed by atoms with E-state index in [1.165, 1.54) is 25.3 Å². The molecule has 0 saturated heterocycles. The van der Waals surface area contributed by atoms with Crippen LogP contribution in [-0.2, 0) is 0 Å². The van der Waals surface area contributed by atoms with Crippen molar-refractivity contribution in [2.45, 2.75) is 0 Å². The van der Waals surface area contributed by atoms with E-state index in [1.807, 2.05) is 0 Å². The van der Waals surface area contributed by atoms with E-state index >= 15 is 0 Å². The van der Waals surface area contributed by atoms with Crippen molar-refractivity contribution in [2.24, 2.45) is 0 Å². The molecule has 17 heavy (non-hydrogen) atoms. The largest absolute Gasteiger partial charge is 0.493 e. The second-order valence-corrected chi connectivity index (χ2v) is 3.83. The van der Waals surface area contributed by atoms with Crippen molar-refractivity contribution in [1.29, 1.82) is 0 Å². The van der Waals surface area contributed by atoms with Crippen LogP contribution >= 0.6 is 11.6 Å². The summed E-state index contributed by atoms with van der Waals surface area (Å²) in [4.78, 5) is 0. The number of ether oxygens (including phenoxy) is 1. The molecule has 0 aliphatic rings. The van der Waals surface area contributed by atoms with Crippen molar-refractivity contribution >= 4 is 11.6 Å². The summed E-state index contributed by atoms with van der Waals surface area (Å²) in [6, 6.07) is 9.01. The number of hydrogen-bond donors (Lipinski definition) is 0. The monoisotopic (exact) mass is 254 g/mol. The molecule has 0 aliphatic carbocycles. The van der Waals surface area contributed by atoms with Crippen LogP contribution in [-0.4, -0.2) is 7.11 Å². The van der Waals surface area contributed by atoms with Gasteiger partial charge in [-0.3, -0.25) is 0 Å². The molecular weight excluding hydrogens is 246 g/mol. The van der Waals surface area contributed by atoms with E-state index in [-0.39, 0.29) is 16.3 Å². The molecule has 0 spiro atoms. The van der Waals surface area contributed by atoms with Crippen molar-refractivity contribution in [3.05, 3.63) is 53.1 Å². The van der Waals surface area contributed by atoms with Crippen molar-refractivity contribution in [3.8, 4) is 16.9 Å². The molecule has 0 amide bonds. The third-order valence-electron chi connectivity index (χ3n) is 2.42. The second-order valence-electron chi connectivity index (χ2n) is 3.42. The van der Waals surface area contributed by atoms with Gasteiger partial charge >= 0.3 is 0 Å². The first-order valence-electron chi connectivity index (χ1n) is 4.92. The summed E-state index contributed by atoms with van der Waals surface area (Å²) >= 11 is 5.64. The van der Waals surface area contributed by atoms with Crippen LogP contribution in [0.25, 0.3) is 11.1 Å². The van der Waals surface area contributed by atoms with E-state index in [9.17, 15) is 8.78 Å². The molecule has 0 heterocycles. The molecular formula is C13H9ClF2O. The molecule has 0 saturated carbocycles. The molecule has 2 rings (SSSR count). The van der Waals surface area contributed by atoms with E-state index in [0.29, 0.717) is 5.56 Å². The van der Waals surface area contributed by atoms with Crippen LogP contribution in [0.15, 0.2) is 36.4 Å². The first-order chi connectivity index (χ1) is 8.15. The van der Waals surface area contributed by atoms with E-state index < -0.39 is 11.6 Å². The van der Waals surface area contributed by atoms with Crippen LogP contribution in [0.5, 0.6) is 5.75 Å². The summed E-state index contributed by atoms with van der Waals surface area (Å²) in [7, 11) is 1.32. The highest BCUT2D eigenvalue weighted by Gasteiger charge is 2.16. The van der Waals surface area contributed by atoms with Crippen LogP contribution in [0.4, 0.5) is 8.78 Å². The zero-order valence-corrected chi connectivity index (χ0v) is 9.76. The quantitative estimate of drug-likeness (QED) is 0.777. The summed E-state index contributed by atoms with van der Waals surface area (Å²) in [6.45, 7) is 0. The number of methoxy groups -OCH3 is 1. The van der Waals surface area contributed by atoms with Crippen LogP contribution < -0.4 is 4.74 Å². The normalized spacial score (nSPS) is 10.4. The fraction of sp³-hybridized carbons (Fsp3) is 0.0769. The van der Waals surface area contributed by atoms with Gasteiger partial charge in [-0.25, -0.2) is 8.78 Å². The molecule has 0 unspecified atom stereocenters. The lowest BCUT2D eigenvalue weighted by molar-refractivity contribution is 0.388. The van der Waals surface area contributed by atoms with Gasteiger partial charge in [-0.05, 0) is 18.2 Å². The zero-order valence-electron chi connectivity index (χ0n) is 9.01. The van der Waals surface area contributed by atoms with E-state index in [1.54, 1.807) is 18.2 Å². The van der Waals surface area contributed by atoms with Crippen LogP contribution in [0.3, 0.4) is 0 Å². The highest BCUT2D eigenvalue weighted by molar-refractivity contribution is 6.31. The van der Waals surface area contributed by atoms with Gasteiger partial charge in [-0.15, -0.1) is 0 Å². The number of benzene rings is 2. The predicted octanol–water partition coefficient (Wildman–Crippen LogP) is 4.29. The van der Waals surface area contributed by atoms with E-state index in [4.69, 9.17) is 16.3 Å². The molecule has 0 radical (unpaired) electrons. The van der Waals surface area contributed by atoms with Crippen LogP contribution in [0, 0.1) is 11.6 Å². The van der Waals surface area contributed by atoms with Crippen LogP contribution in [0.2, 0.25) is 5.02 Å².